The van der Waals surface area contributed by atoms with Crippen LogP contribution in [0.5, 0.6) is 0 Å². The van der Waals surface area contributed by atoms with Crippen molar-refractivity contribution in [1.82, 2.24) is 0 Å². The highest BCUT2D eigenvalue weighted by Gasteiger charge is 2.78. The zero-order valence-electron chi connectivity index (χ0n) is 16.5. The van der Waals surface area contributed by atoms with Crippen molar-refractivity contribution in [3.05, 3.63) is 41.4 Å². The smallest absolute Gasteiger partial charge is 0.331 e. The number of allylic oxidation sites excluding steroid dienone is 2. The largest absolute Gasteiger partial charge is 0.451 e. The van der Waals surface area contributed by atoms with Crippen molar-refractivity contribution in [3.8, 4) is 0 Å². The van der Waals surface area contributed by atoms with Crippen LogP contribution in [-0.4, -0.2) is 17.6 Å². The molecule has 1 heterocycles. The summed E-state index contributed by atoms with van der Waals surface area (Å²) in [5.74, 6) is 3.87. The van der Waals surface area contributed by atoms with Crippen LogP contribution in [0.1, 0.15) is 45.4 Å². The van der Waals surface area contributed by atoms with Gasteiger partial charge in [-0.3, -0.25) is 0 Å². The topological polar surface area (TPSA) is 55.7 Å². The van der Waals surface area contributed by atoms with Gasteiger partial charge in [-0.15, -0.1) is 6.58 Å². The van der Waals surface area contributed by atoms with Crippen molar-refractivity contribution in [1.29, 1.82) is 0 Å². The Hall–Kier alpha value is -1.71. The second-order valence-corrected chi connectivity index (χ2v) is 10.5. The molecule has 1 aliphatic heterocycles. The minimum absolute atomic E-state index is 0.0380. The Morgan fingerprint density at radius 1 is 1.29 bits per heavy atom. The Balaban J connectivity index is 1.41. The standard InChI is InChI=1S/C24H29NO3/c1-3-13-10-14-11-15(25-27)4-5-16(14)17-6-8-23(2)22(21(13)17)18-12-19(18)24(23)9-7-20(26)28-24/h3,7,9-10,13,15-19,21-22H,1,4-6,8,11-12H2,2H3/t13?,15?,16-,17?,18?,19?,21?,22?,23-,24-/m0/s1. The predicted molar refractivity (Wildman–Crippen MR) is 106 cm³/mol. The SMILES string of the molecule is C=CC1C=C2CC(N=O)CC[C@@H]2C2CC[C@@]3(C)C(C4CC4[C@@]34C=CC(=O)O4)C12. The summed E-state index contributed by atoms with van der Waals surface area (Å²) in [7, 11) is 0. The lowest BCUT2D eigenvalue weighted by Gasteiger charge is -2.58. The number of rotatable bonds is 2. The van der Waals surface area contributed by atoms with E-state index >= 15 is 0 Å². The summed E-state index contributed by atoms with van der Waals surface area (Å²) in [4.78, 5) is 23.2. The van der Waals surface area contributed by atoms with Gasteiger partial charge in [-0.1, -0.05) is 29.8 Å². The number of carbonyl (C=O) groups excluding carboxylic acids is 1. The molecule has 28 heavy (non-hydrogen) atoms. The van der Waals surface area contributed by atoms with Crippen LogP contribution in [0.25, 0.3) is 0 Å². The van der Waals surface area contributed by atoms with Gasteiger partial charge in [0.1, 0.15) is 5.60 Å². The third-order valence-corrected chi connectivity index (χ3v) is 9.67. The van der Waals surface area contributed by atoms with Gasteiger partial charge >= 0.3 is 5.97 Å². The van der Waals surface area contributed by atoms with Crippen LogP contribution >= 0.6 is 0 Å². The molecular formula is C24H29NO3. The number of esters is 1. The number of fused-ring (bicyclic) bond motifs is 9. The van der Waals surface area contributed by atoms with Crippen LogP contribution in [-0.2, 0) is 9.53 Å². The van der Waals surface area contributed by atoms with Crippen molar-refractivity contribution in [2.24, 2.45) is 52.0 Å². The summed E-state index contributed by atoms with van der Waals surface area (Å²) in [5, 5.41) is 3.36. The van der Waals surface area contributed by atoms with Gasteiger partial charge in [0.05, 0.1) is 6.04 Å². The molecule has 0 saturated heterocycles. The van der Waals surface area contributed by atoms with E-state index in [1.807, 2.05) is 0 Å². The third-order valence-electron chi connectivity index (χ3n) is 9.67. The minimum Gasteiger partial charge on any atom is -0.451 e. The zero-order chi connectivity index (χ0) is 19.3. The second kappa shape index (κ2) is 5.46. The first-order valence-corrected chi connectivity index (χ1v) is 11.1. The Kier molecular flexibility index (Phi) is 3.35. The fourth-order valence-electron chi connectivity index (χ4n) is 8.62. The molecule has 0 bridgehead atoms. The molecule has 7 unspecified atom stereocenters. The van der Waals surface area contributed by atoms with Crippen LogP contribution in [0, 0.1) is 51.7 Å². The normalized spacial score (nSPS) is 55.5. The molecule has 10 atom stereocenters. The summed E-state index contributed by atoms with van der Waals surface area (Å²) >= 11 is 0. The quantitative estimate of drug-likeness (QED) is 0.393. The molecule has 0 aromatic heterocycles. The van der Waals surface area contributed by atoms with Gasteiger partial charge < -0.3 is 4.74 Å². The van der Waals surface area contributed by atoms with Gasteiger partial charge in [-0.05, 0) is 80.1 Å². The lowest BCUT2D eigenvalue weighted by Crippen LogP contribution is -2.56. The van der Waals surface area contributed by atoms with Crippen LogP contribution in [0.4, 0.5) is 0 Å². The van der Waals surface area contributed by atoms with E-state index in [1.165, 1.54) is 18.4 Å². The first kappa shape index (κ1) is 17.2. The fraction of sp³-hybridized carbons (Fsp3) is 0.708. The van der Waals surface area contributed by atoms with Gasteiger partial charge in [-0.25, -0.2) is 4.79 Å². The number of ether oxygens (including phenoxy) is 1. The molecule has 4 heteroatoms. The fourth-order valence-corrected chi connectivity index (χ4v) is 8.62. The average molecular weight is 380 g/mol. The van der Waals surface area contributed by atoms with Crippen molar-refractivity contribution in [3.63, 3.8) is 0 Å². The molecule has 1 spiro atoms. The van der Waals surface area contributed by atoms with E-state index in [0.29, 0.717) is 41.4 Å². The van der Waals surface area contributed by atoms with E-state index in [0.717, 1.165) is 25.7 Å². The summed E-state index contributed by atoms with van der Waals surface area (Å²) in [6, 6.07) is -0.0380. The van der Waals surface area contributed by atoms with Crippen LogP contribution < -0.4 is 0 Å². The molecule has 0 radical (unpaired) electrons. The Morgan fingerprint density at radius 2 is 2.14 bits per heavy atom. The summed E-state index contributed by atoms with van der Waals surface area (Å²) in [5.41, 5.74) is 1.15. The molecule has 0 amide bonds. The van der Waals surface area contributed by atoms with Crippen LogP contribution in [0.3, 0.4) is 0 Å². The highest BCUT2D eigenvalue weighted by atomic mass is 16.6. The van der Waals surface area contributed by atoms with E-state index in [4.69, 9.17) is 4.74 Å². The number of nitrogens with zero attached hydrogens (tertiary/aromatic N) is 1. The van der Waals surface area contributed by atoms with E-state index in [-0.39, 0.29) is 23.0 Å². The highest BCUT2D eigenvalue weighted by Crippen LogP contribution is 2.77. The summed E-state index contributed by atoms with van der Waals surface area (Å²) in [6.45, 7) is 6.60. The molecular weight excluding hydrogens is 350 g/mol. The maximum Gasteiger partial charge on any atom is 0.331 e. The molecule has 0 aromatic rings. The molecule has 4 saturated carbocycles. The van der Waals surface area contributed by atoms with E-state index in [9.17, 15) is 9.70 Å². The average Bonchev–Trinajstić information content (AvgIpc) is 3.35. The summed E-state index contributed by atoms with van der Waals surface area (Å²) in [6.07, 6.45) is 14.8. The Labute approximate surface area is 166 Å². The van der Waals surface area contributed by atoms with Crippen LogP contribution in [0.2, 0.25) is 0 Å². The Morgan fingerprint density at radius 3 is 2.86 bits per heavy atom. The lowest BCUT2D eigenvalue weighted by molar-refractivity contribution is -0.168. The second-order valence-electron chi connectivity index (χ2n) is 10.5. The number of carbonyl (C=O) groups is 1. The monoisotopic (exact) mass is 379 g/mol. The maximum atomic E-state index is 12.1. The molecule has 6 rings (SSSR count). The van der Waals surface area contributed by atoms with Gasteiger partial charge in [0.15, 0.2) is 0 Å². The van der Waals surface area contributed by atoms with E-state index in [1.54, 1.807) is 6.08 Å². The van der Waals surface area contributed by atoms with Gasteiger partial charge in [0.25, 0.3) is 0 Å². The van der Waals surface area contributed by atoms with Gasteiger partial charge in [0, 0.05) is 17.4 Å². The molecule has 4 fully saturated rings. The summed E-state index contributed by atoms with van der Waals surface area (Å²) < 4.78 is 6.08. The van der Waals surface area contributed by atoms with E-state index < -0.39 is 0 Å². The van der Waals surface area contributed by atoms with Crippen molar-refractivity contribution >= 4 is 5.97 Å². The molecule has 4 nitrogen and oxygen atoms in total. The maximum absolute atomic E-state index is 12.1. The number of hydrogen-bond donors (Lipinski definition) is 0. The zero-order valence-corrected chi connectivity index (χ0v) is 16.5. The molecule has 5 aliphatic carbocycles. The minimum atomic E-state index is -0.362. The number of nitroso groups, excluding NO2 is 1. The molecule has 0 N–H and O–H groups in total. The van der Waals surface area contributed by atoms with Crippen LogP contribution in [0.15, 0.2) is 41.6 Å². The van der Waals surface area contributed by atoms with Gasteiger partial charge in [-0.2, -0.15) is 4.91 Å². The van der Waals surface area contributed by atoms with Crippen molar-refractivity contribution < 1.29 is 9.53 Å². The highest BCUT2D eigenvalue weighted by molar-refractivity contribution is 5.85. The molecule has 148 valence electrons. The lowest BCUT2D eigenvalue weighted by atomic mass is 9.47. The molecule has 6 aliphatic rings. The third kappa shape index (κ3) is 1.90. The first-order chi connectivity index (χ1) is 13.5. The van der Waals surface area contributed by atoms with Crippen molar-refractivity contribution in [2.75, 3.05) is 0 Å². The predicted octanol–water partition coefficient (Wildman–Crippen LogP) is 4.81. The van der Waals surface area contributed by atoms with E-state index in [2.05, 4.69) is 36.9 Å². The molecule has 0 aromatic carbocycles. The first-order valence-electron chi connectivity index (χ1n) is 11.1. The number of hydrogen-bond acceptors (Lipinski definition) is 4. The Bertz CT molecular complexity index is 830. The van der Waals surface area contributed by atoms with Gasteiger partial charge in [0.2, 0.25) is 0 Å². The van der Waals surface area contributed by atoms with Crippen molar-refractivity contribution in [2.45, 2.75) is 57.1 Å².